The zero-order chi connectivity index (χ0) is 15.1. The molecule has 1 aromatic rings. The second kappa shape index (κ2) is 7.07. The first kappa shape index (κ1) is 15.4. The number of urea groups is 1. The molecule has 0 saturated heterocycles. The smallest absolute Gasteiger partial charge is 0.312 e. The van der Waals surface area contributed by atoms with Crippen molar-refractivity contribution < 1.29 is 19.1 Å². The molecule has 0 bridgehead atoms. The lowest BCUT2D eigenvalue weighted by Gasteiger charge is -2.12. The summed E-state index contributed by atoms with van der Waals surface area (Å²) in [7, 11) is 2.92. The Bertz CT molecular complexity index is 504. The van der Waals surface area contributed by atoms with Crippen molar-refractivity contribution in [3.63, 3.8) is 0 Å². The number of rotatable bonds is 6. The van der Waals surface area contributed by atoms with E-state index in [1.807, 2.05) is 0 Å². The fourth-order valence-corrected chi connectivity index (χ4v) is 1.53. The van der Waals surface area contributed by atoms with Gasteiger partial charge >= 0.3 is 6.03 Å². The van der Waals surface area contributed by atoms with Gasteiger partial charge in [0.15, 0.2) is 0 Å². The van der Waals surface area contributed by atoms with E-state index in [4.69, 9.17) is 20.9 Å². The first-order valence-corrected chi connectivity index (χ1v) is 5.82. The van der Waals surface area contributed by atoms with Crippen molar-refractivity contribution in [3.05, 3.63) is 17.7 Å². The second-order valence-corrected chi connectivity index (χ2v) is 3.84. The van der Waals surface area contributed by atoms with Gasteiger partial charge in [-0.15, -0.1) is 0 Å². The van der Waals surface area contributed by atoms with Crippen LogP contribution in [0.5, 0.6) is 11.5 Å². The van der Waals surface area contributed by atoms with E-state index < -0.39 is 11.9 Å². The van der Waals surface area contributed by atoms with E-state index in [2.05, 4.69) is 10.6 Å². The third kappa shape index (κ3) is 3.94. The largest absolute Gasteiger partial charge is 0.497 e. The Balaban J connectivity index is 2.78. The summed E-state index contributed by atoms with van der Waals surface area (Å²) < 4.78 is 10.1. The number of ether oxygens (including phenoxy) is 2. The van der Waals surface area contributed by atoms with E-state index in [9.17, 15) is 9.59 Å². The van der Waals surface area contributed by atoms with Gasteiger partial charge in [0.25, 0.3) is 5.91 Å². The van der Waals surface area contributed by atoms with Gasteiger partial charge in [-0.05, 0) is 6.07 Å². The average Bonchev–Trinajstić information content (AvgIpc) is 2.43. The second-order valence-electron chi connectivity index (χ2n) is 3.84. The summed E-state index contributed by atoms with van der Waals surface area (Å²) in [6, 6.07) is 2.44. The van der Waals surface area contributed by atoms with Crippen LogP contribution in [0, 0.1) is 0 Å². The Morgan fingerprint density at radius 2 is 1.80 bits per heavy atom. The fourth-order valence-electron chi connectivity index (χ4n) is 1.53. The van der Waals surface area contributed by atoms with Crippen molar-refractivity contribution >= 4 is 17.6 Å². The Kier molecular flexibility index (Phi) is 5.45. The van der Waals surface area contributed by atoms with Crippen LogP contribution in [0.25, 0.3) is 0 Å². The minimum atomic E-state index is -0.651. The SMILES string of the molecule is COc1cc(OC)c(N)c(C(=O)NCCNC(N)=O)c1. The molecule has 6 N–H and O–H groups in total. The molecule has 0 atom stereocenters. The highest BCUT2D eigenvalue weighted by Crippen LogP contribution is 2.30. The number of nitrogens with two attached hydrogens (primary N) is 2. The predicted octanol–water partition coefficient (Wildman–Crippen LogP) is -0.316. The van der Waals surface area contributed by atoms with Crippen LogP contribution in [0.15, 0.2) is 12.1 Å². The quantitative estimate of drug-likeness (QED) is 0.420. The number of nitrogen functional groups attached to an aromatic ring is 1. The van der Waals surface area contributed by atoms with Gasteiger partial charge in [0.05, 0.1) is 25.5 Å². The minimum absolute atomic E-state index is 0.216. The normalized spacial score (nSPS) is 9.70. The van der Waals surface area contributed by atoms with Crippen molar-refractivity contribution in [2.75, 3.05) is 33.0 Å². The summed E-state index contributed by atoms with van der Waals surface area (Å²) in [4.78, 5) is 22.5. The third-order valence-corrected chi connectivity index (χ3v) is 2.53. The van der Waals surface area contributed by atoms with Gasteiger partial charge in [-0.25, -0.2) is 4.79 Å². The van der Waals surface area contributed by atoms with Gasteiger partial charge in [0.1, 0.15) is 11.5 Å². The number of benzene rings is 1. The number of hydrogen-bond acceptors (Lipinski definition) is 5. The number of carbonyl (C=O) groups excluding carboxylic acids is 2. The van der Waals surface area contributed by atoms with E-state index in [0.29, 0.717) is 11.5 Å². The average molecular weight is 282 g/mol. The molecule has 20 heavy (non-hydrogen) atoms. The highest BCUT2D eigenvalue weighted by atomic mass is 16.5. The zero-order valence-corrected chi connectivity index (χ0v) is 11.4. The standard InChI is InChI=1S/C12H18N4O4/c1-19-7-5-8(10(13)9(6-7)20-2)11(17)15-3-4-16-12(14)18/h5-6H,3-4,13H2,1-2H3,(H,15,17)(H3,14,16,18). The number of methoxy groups -OCH3 is 2. The molecule has 0 spiro atoms. The molecule has 8 nitrogen and oxygen atoms in total. The monoisotopic (exact) mass is 282 g/mol. The molecule has 0 fully saturated rings. The van der Waals surface area contributed by atoms with Crippen molar-refractivity contribution in [2.24, 2.45) is 5.73 Å². The predicted molar refractivity (Wildman–Crippen MR) is 73.9 cm³/mol. The molecule has 0 aliphatic carbocycles. The van der Waals surface area contributed by atoms with Crippen LogP contribution < -0.4 is 31.6 Å². The number of primary amides is 1. The number of hydrogen-bond donors (Lipinski definition) is 4. The summed E-state index contributed by atoms with van der Waals surface area (Å²) in [5.41, 5.74) is 11.2. The van der Waals surface area contributed by atoms with E-state index in [-0.39, 0.29) is 24.3 Å². The number of amides is 3. The molecule has 0 saturated carbocycles. The van der Waals surface area contributed by atoms with E-state index in [0.717, 1.165) is 0 Å². The summed E-state index contributed by atoms with van der Waals surface area (Å²) in [5.74, 6) is 0.409. The third-order valence-electron chi connectivity index (χ3n) is 2.53. The lowest BCUT2D eigenvalue weighted by Crippen LogP contribution is -2.37. The molecule has 0 aromatic heterocycles. The zero-order valence-electron chi connectivity index (χ0n) is 11.4. The maximum Gasteiger partial charge on any atom is 0.312 e. The van der Waals surface area contributed by atoms with Crippen molar-refractivity contribution in [1.82, 2.24) is 10.6 Å². The fraction of sp³-hybridized carbons (Fsp3) is 0.333. The first-order chi connectivity index (χ1) is 9.49. The van der Waals surface area contributed by atoms with Crippen LogP contribution in [-0.2, 0) is 0 Å². The molecule has 0 radical (unpaired) electrons. The highest BCUT2D eigenvalue weighted by Gasteiger charge is 2.15. The highest BCUT2D eigenvalue weighted by molar-refractivity contribution is 6.01. The lowest BCUT2D eigenvalue weighted by molar-refractivity contribution is 0.0954. The van der Waals surface area contributed by atoms with Crippen LogP contribution in [-0.4, -0.2) is 39.2 Å². The molecule has 8 heteroatoms. The summed E-state index contributed by atoms with van der Waals surface area (Å²) in [6.45, 7) is 0.447. The van der Waals surface area contributed by atoms with Crippen LogP contribution in [0.3, 0.4) is 0 Å². The van der Waals surface area contributed by atoms with Crippen LogP contribution in [0.2, 0.25) is 0 Å². The molecule has 0 heterocycles. The van der Waals surface area contributed by atoms with Gasteiger partial charge in [0.2, 0.25) is 0 Å². The van der Waals surface area contributed by atoms with E-state index in [1.165, 1.54) is 20.3 Å². The molecule has 1 aromatic carbocycles. The van der Waals surface area contributed by atoms with Gasteiger partial charge in [-0.3, -0.25) is 4.79 Å². The van der Waals surface area contributed by atoms with Crippen LogP contribution in [0.4, 0.5) is 10.5 Å². The summed E-state index contributed by atoms with van der Waals surface area (Å²) >= 11 is 0. The topological polar surface area (TPSA) is 129 Å². The maximum absolute atomic E-state index is 12.0. The molecule has 1 rings (SSSR count). The van der Waals surface area contributed by atoms with Crippen molar-refractivity contribution in [2.45, 2.75) is 0 Å². The van der Waals surface area contributed by atoms with Crippen LogP contribution in [0.1, 0.15) is 10.4 Å². The van der Waals surface area contributed by atoms with Crippen molar-refractivity contribution in [3.8, 4) is 11.5 Å². The van der Waals surface area contributed by atoms with Crippen molar-refractivity contribution in [1.29, 1.82) is 0 Å². The molecule has 110 valence electrons. The van der Waals surface area contributed by atoms with Gasteiger partial charge in [-0.2, -0.15) is 0 Å². The number of anilines is 1. The number of carbonyl (C=O) groups is 2. The number of nitrogens with one attached hydrogen (secondary N) is 2. The van der Waals surface area contributed by atoms with Gasteiger partial charge in [0, 0.05) is 19.2 Å². The van der Waals surface area contributed by atoms with Gasteiger partial charge in [-0.1, -0.05) is 0 Å². The Morgan fingerprint density at radius 3 is 2.35 bits per heavy atom. The van der Waals surface area contributed by atoms with E-state index in [1.54, 1.807) is 6.07 Å². The molecule has 0 unspecified atom stereocenters. The molecular weight excluding hydrogens is 264 g/mol. The van der Waals surface area contributed by atoms with Gasteiger partial charge < -0.3 is 31.6 Å². The molecule has 0 aliphatic heterocycles. The molecule has 3 amide bonds. The summed E-state index contributed by atoms with van der Waals surface area (Å²) in [6.07, 6.45) is 0. The minimum Gasteiger partial charge on any atom is -0.497 e. The first-order valence-electron chi connectivity index (χ1n) is 5.82. The van der Waals surface area contributed by atoms with E-state index >= 15 is 0 Å². The maximum atomic E-state index is 12.0. The Morgan fingerprint density at radius 1 is 1.15 bits per heavy atom. The summed E-state index contributed by atoms with van der Waals surface area (Å²) in [5, 5.41) is 4.95. The molecular formula is C12H18N4O4. The Labute approximate surface area is 116 Å². The molecule has 0 aliphatic rings. The Hall–Kier alpha value is -2.64. The lowest BCUT2D eigenvalue weighted by atomic mass is 10.1. The van der Waals surface area contributed by atoms with Crippen LogP contribution >= 0.6 is 0 Å².